The van der Waals surface area contributed by atoms with E-state index in [-0.39, 0.29) is 12.8 Å². The van der Waals surface area contributed by atoms with E-state index in [0.717, 1.165) is 0 Å². The molecule has 0 bridgehead atoms. The van der Waals surface area contributed by atoms with Crippen molar-refractivity contribution in [1.29, 1.82) is 0 Å². The predicted molar refractivity (Wildman–Crippen MR) is 52.2 cm³/mol. The van der Waals surface area contributed by atoms with E-state index in [2.05, 4.69) is 4.89 Å². The number of carbonyl (C=O) groups is 2. The van der Waals surface area contributed by atoms with Crippen LogP contribution in [0.1, 0.15) is 39.5 Å². The summed E-state index contributed by atoms with van der Waals surface area (Å²) < 4.78 is 0. The van der Waals surface area contributed by atoms with Crippen molar-refractivity contribution in [3.8, 4) is 0 Å². The van der Waals surface area contributed by atoms with Crippen LogP contribution in [0.3, 0.4) is 0 Å². The molecular weight excluding hydrogens is 204 g/mol. The summed E-state index contributed by atoms with van der Waals surface area (Å²) in [6, 6.07) is 0. The van der Waals surface area contributed by atoms with Crippen molar-refractivity contribution in [2.75, 3.05) is 0 Å². The van der Waals surface area contributed by atoms with Gasteiger partial charge in [-0.1, -0.05) is 13.8 Å². The zero-order valence-corrected chi connectivity index (χ0v) is 8.97. The quantitative estimate of drug-likeness (QED) is 0.474. The zero-order chi connectivity index (χ0) is 12.3. The molecule has 0 amide bonds. The highest BCUT2D eigenvalue weighted by molar-refractivity contribution is 5.68. The van der Waals surface area contributed by atoms with Crippen molar-refractivity contribution in [1.82, 2.24) is 0 Å². The van der Waals surface area contributed by atoms with Crippen LogP contribution in [-0.2, 0) is 14.5 Å². The van der Waals surface area contributed by atoms with Crippen molar-refractivity contribution in [3.63, 3.8) is 0 Å². The number of hydrogen-bond acceptors (Lipinski definition) is 5. The second-order valence-corrected chi connectivity index (χ2v) is 2.87. The Balaban J connectivity index is 0. The fraction of sp³-hybridized carbons (Fsp3) is 0.778. The third-order valence-electron chi connectivity index (χ3n) is 1.44. The third-order valence-corrected chi connectivity index (χ3v) is 1.44. The van der Waals surface area contributed by atoms with Gasteiger partial charge in [-0.3, -0.25) is 4.79 Å². The number of rotatable bonds is 5. The fourth-order valence-corrected chi connectivity index (χ4v) is 0.596. The third kappa shape index (κ3) is 15.6. The standard InChI is InChI=1S/C5H10O3.C4H8O3/c1-2-4(6)3-5(7)8;1-2-3-4(5)7-6/h4,6H,2-3H2,1H3,(H,7,8);6H,2-3H2,1H3. The topological polar surface area (TPSA) is 104 Å². The molecule has 3 N–H and O–H groups in total. The molecule has 90 valence electrons. The Kier molecular flexibility index (Phi) is 11.9. The van der Waals surface area contributed by atoms with Crippen LogP contribution >= 0.6 is 0 Å². The molecule has 1 atom stereocenters. The minimum Gasteiger partial charge on any atom is -0.481 e. The molecule has 15 heavy (non-hydrogen) atoms. The SMILES string of the molecule is CCC(O)CC(=O)O.CCCC(=O)OO. The van der Waals surface area contributed by atoms with Gasteiger partial charge >= 0.3 is 11.9 Å². The van der Waals surface area contributed by atoms with Crippen LogP contribution in [0.5, 0.6) is 0 Å². The van der Waals surface area contributed by atoms with Gasteiger partial charge in [-0.15, -0.1) is 0 Å². The maximum Gasteiger partial charge on any atom is 0.342 e. The van der Waals surface area contributed by atoms with E-state index >= 15 is 0 Å². The van der Waals surface area contributed by atoms with Crippen molar-refractivity contribution in [2.45, 2.75) is 45.6 Å². The van der Waals surface area contributed by atoms with Crippen molar-refractivity contribution in [3.05, 3.63) is 0 Å². The average molecular weight is 222 g/mol. The predicted octanol–water partition coefficient (Wildman–Crippen LogP) is 1.03. The van der Waals surface area contributed by atoms with Gasteiger partial charge in [0.25, 0.3) is 0 Å². The molecule has 0 rings (SSSR count). The Morgan fingerprint density at radius 3 is 2.00 bits per heavy atom. The van der Waals surface area contributed by atoms with Gasteiger partial charge in [0.2, 0.25) is 0 Å². The van der Waals surface area contributed by atoms with Gasteiger partial charge < -0.3 is 15.1 Å². The summed E-state index contributed by atoms with van der Waals surface area (Å²) in [7, 11) is 0. The largest absolute Gasteiger partial charge is 0.481 e. The highest BCUT2D eigenvalue weighted by Gasteiger charge is 2.04. The molecule has 0 aliphatic heterocycles. The van der Waals surface area contributed by atoms with Crippen molar-refractivity contribution >= 4 is 11.9 Å². The van der Waals surface area contributed by atoms with E-state index in [4.69, 9.17) is 15.5 Å². The average Bonchev–Trinajstić information content (AvgIpc) is 2.18. The summed E-state index contributed by atoms with van der Waals surface area (Å²) in [6.45, 7) is 3.57. The smallest absolute Gasteiger partial charge is 0.342 e. The molecule has 0 saturated carbocycles. The number of aliphatic carboxylic acids is 1. The number of aliphatic hydroxyl groups excluding tert-OH is 1. The molecule has 0 aromatic rings. The Bertz CT molecular complexity index is 179. The lowest BCUT2D eigenvalue weighted by atomic mass is 10.2. The first-order chi connectivity index (χ1) is 6.97. The van der Waals surface area contributed by atoms with Crippen LogP contribution in [-0.4, -0.2) is 33.5 Å². The summed E-state index contributed by atoms with van der Waals surface area (Å²) >= 11 is 0. The first-order valence-corrected chi connectivity index (χ1v) is 4.71. The first-order valence-electron chi connectivity index (χ1n) is 4.71. The van der Waals surface area contributed by atoms with Gasteiger partial charge in [0.15, 0.2) is 0 Å². The Morgan fingerprint density at radius 1 is 1.33 bits per heavy atom. The molecule has 0 radical (unpaired) electrons. The Labute approximate surface area is 88.4 Å². The molecule has 6 heteroatoms. The van der Waals surface area contributed by atoms with Gasteiger partial charge in [-0.05, 0) is 12.8 Å². The lowest BCUT2D eigenvalue weighted by Crippen LogP contribution is -2.10. The Hall–Kier alpha value is -1.14. The number of carbonyl (C=O) groups excluding carboxylic acids is 1. The van der Waals surface area contributed by atoms with Crippen LogP contribution in [0.15, 0.2) is 0 Å². The minimum absolute atomic E-state index is 0.142. The minimum atomic E-state index is -0.945. The van der Waals surface area contributed by atoms with E-state index < -0.39 is 18.0 Å². The second kappa shape index (κ2) is 10.9. The first kappa shape index (κ1) is 16.3. The molecule has 0 saturated heterocycles. The van der Waals surface area contributed by atoms with Crippen molar-refractivity contribution < 1.29 is 29.9 Å². The molecule has 0 heterocycles. The fourth-order valence-electron chi connectivity index (χ4n) is 0.596. The Morgan fingerprint density at radius 2 is 1.87 bits per heavy atom. The molecule has 0 spiro atoms. The number of aliphatic hydroxyl groups is 1. The molecule has 0 fully saturated rings. The number of carboxylic acid groups (broad SMARTS) is 1. The van der Waals surface area contributed by atoms with E-state index in [0.29, 0.717) is 12.8 Å². The molecular formula is C9H18O6. The van der Waals surface area contributed by atoms with Gasteiger partial charge in [0.05, 0.1) is 12.5 Å². The summed E-state index contributed by atoms with van der Waals surface area (Å²) in [6.07, 6.45) is 0.686. The van der Waals surface area contributed by atoms with E-state index in [1.54, 1.807) is 6.92 Å². The maximum absolute atomic E-state index is 9.94. The molecule has 6 nitrogen and oxygen atoms in total. The highest BCUT2D eigenvalue weighted by atomic mass is 17.1. The zero-order valence-electron chi connectivity index (χ0n) is 8.97. The van der Waals surface area contributed by atoms with Crippen LogP contribution < -0.4 is 0 Å². The van der Waals surface area contributed by atoms with E-state index in [1.165, 1.54) is 0 Å². The van der Waals surface area contributed by atoms with Gasteiger partial charge in [0.1, 0.15) is 0 Å². The van der Waals surface area contributed by atoms with Crippen LogP contribution in [0.4, 0.5) is 0 Å². The van der Waals surface area contributed by atoms with Gasteiger partial charge in [-0.2, -0.15) is 5.26 Å². The summed E-state index contributed by atoms with van der Waals surface area (Å²) in [5.41, 5.74) is 0. The van der Waals surface area contributed by atoms with Crippen LogP contribution in [0.2, 0.25) is 0 Å². The van der Waals surface area contributed by atoms with E-state index in [9.17, 15) is 9.59 Å². The highest BCUT2D eigenvalue weighted by Crippen LogP contribution is 1.94. The van der Waals surface area contributed by atoms with Crippen LogP contribution in [0.25, 0.3) is 0 Å². The van der Waals surface area contributed by atoms with Crippen molar-refractivity contribution in [2.24, 2.45) is 0 Å². The summed E-state index contributed by atoms with van der Waals surface area (Å²) in [5.74, 6) is -1.51. The normalized spacial score (nSPS) is 10.9. The second-order valence-electron chi connectivity index (χ2n) is 2.87. The lowest BCUT2D eigenvalue weighted by Gasteiger charge is -2.00. The monoisotopic (exact) mass is 222 g/mol. The summed E-state index contributed by atoms with van der Waals surface area (Å²) in [5, 5.41) is 24.3. The molecule has 0 aliphatic rings. The van der Waals surface area contributed by atoms with Gasteiger partial charge in [-0.25, -0.2) is 4.79 Å². The van der Waals surface area contributed by atoms with Crippen LogP contribution in [0, 0.1) is 0 Å². The lowest BCUT2D eigenvalue weighted by molar-refractivity contribution is -0.234. The molecule has 0 aromatic heterocycles. The number of hydrogen-bond donors (Lipinski definition) is 3. The number of carboxylic acids is 1. The molecule has 0 aromatic carbocycles. The molecule has 1 unspecified atom stereocenters. The summed E-state index contributed by atoms with van der Waals surface area (Å²) in [4.78, 5) is 23.1. The van der Waals surface area contributed by atoms with Gasteiger partial charge in [0, 0.05) is 6.42 Å². The maximum atomic E-state index is 9.94. The molecule has 0 aliphatic carbocycles. The van der Waals surface area contributed by atoms with E-state index in [1.807, 2.05) is 6.92 Å².